The number of amidine groups is 1. The van der Waals surface area contributed by atoms with Crippen molar-refractivity contribution in [2.75, 3.05) is 0 Å². The molecule has 25 heavy (non-hydrogen) atoms. The molecule has 0 aliphatic carbocycles. The first-order valence-electron chi connectivity index (χ1n) is 8.01. The number of oxime groups is 1. The van der Waals surface area contributed by atoms with Gasteiger partial charge in [-0.25, -0.2) is 4.79 Å². The average molecular weight is 340 g/mol. The van der Waals surface area contributed by atoms with E-state index >= 15 is 0 Å². The van der Waals surface area contributed by atoms with E-state index < -0.39 is 0 Å². The molecule has 2 aromatic carbocycles. The first-order valence-corrected chi connectivity index (χ1v) is 8.01. The summed E-state index contributed by atoms with van der Waals surface area (Å²) in [7, 11) is 0. The van der Waals surface area contributed by atoms with Crippen LogP contribution in [-0.4, -0.2) is 18.0 Å². The van der Waals surface area contributed by atoms with Crippen LogP contribution < -0.4 is 16.1 Å². The number of hydrogen-bond donors (Lipinski definition) is 3. The van der Waals surface area contributed by atoms with Crippen molar-refractivity contribution in [3.05, 3.63) is 71.8 Å². The van der Waals surface area contributed by atoms with E-state index in [2.05, 4.69) is 21.3 Å². The molecule has 0 spiro atoms. The highest BCUT2D eigenvalue weighted by atomic mass is 16.6. The van der Waals surface area contributed by atoms with Crippen LogP contribution in [0, 0.1) is 0 Å². The second kappa shape index (κ2) is 8.81. The van der Waals surface area contributed by atoms with Crippen LogP contribution in [0.3, 0.4) is 0 Å². The molecule has 0 saturated carbocycles. The zero-order valence-corrected chi connectivity index (χ0v) is 13.6. The van der Waals surface area contributed by atoms with Gasteiger partial charge < -0.3 is 10.2 Å². The Kier molecular flexibility index (Phi) is 5.97. The molecule has 1 atom stereocenters. The van der Waals surface area contributed by atoms with E-state index in [4.69, 9.17) is 9.68 Å². The molecule has 7 nitrogen and oxygen atoms in total. The van der Waals surface area contributed by atoms with Crippen LogP contribution in [0.5, 0.6) is 0 Å². The summed E-state index contributed by atoms with van der Waals surface area (Å²) in [6, 6.07) is 19.1. The fourth-order valence-corrected chi connectivity index (χ4v) is 2.31. The van der Waals surface area contributed by atoms with Crippen molar-refractivity contribution in [3.63, 3.8) is 0 Å². The Morgan fingerprint density at radius 1 is 1.00 bits per heavy atom. The van der Waals surface area contributed by atoms with E-state index in [1.54, 1.807) is 0 Å². The molecule has 0 aromatic heterocycles. The summed E-state index contributed by atoms with van der Waals surface area (Å²) < 4.78 is 0. The number of carbonyl (C=O) groups excluding carboxylic acids is 1. The smallest absolute Gasteiger partial charge is 0.321 e. The maximum absolute atomic E-state index is 11.7. The van der Waals surface area contributed by atoms with E-state index in [0.29, 0.717) is 25.5 Å². The van der Waals surface area contributed by atoms with Gasteiger partial charge in [0.05, 0.1) is 6.61 Å². The van der Waals surface area contributed by atoms with E-state index in [1.807, 2.05) is 60.7 Å². The lowest BCUT2D eigenvalue weighted by atomic mass is 10.2. The second-order valence-electron chi connectivity index (χ2n) is 5.54. The van der Waals surface area contributed by atoms with Crippen molar-refractivity contribution < 1.29 is 14.5 Å². The number of benzene rings is 2. The molecule has 1 heterocycles. The molecule has 2 aromatic rings. The molecule has 1 fully saturated rings. The van der Waals surface area contributed by atoms with Crippen LogP contribution in [-0.2, 0) is 22.9 Å². The Morgan fingerprint density at radius 3 is 2.32 bits per heavy atom. The number of nitrogens with one attached hydrogen (secondary N) is 3. The fraction of sp³-hybridized carbons (Fsp3) is 0.222. The standard InChI is InChI=1S/C18H20N4O3/c23-18-19-16(21-24-12-14-7-3-1-4-8-14)11-17(20-18)22-25-13-15-9-5-2-6-10-15/h1-10,16,21H,11-13H2,(H2,19,20,22,23). The monoisotopic (exact) mass is 340 g/mol. The summed E-state index contributed by atoms with van der Waals surface area (Å²) in [5, 5.41) is 9.33. The molecular weight excluding hydrogens is 320 g/mol. The third kappa shape index (κ3) is 5.59. The largest absolute Gasteiger partial charge is 0.389 e. The summed E-state index contributed by atoms with van der Waals surface area (Å²) >= 11 is 0. The Morgan fingerprint density at radius 2 is 1.64 bits per heavy atom. The van der Waals surface area contributed by atoms with Crippen LogP contribution in [0.15, 0.2) is 65.8 Å². The minimum absolute atomic E-state index is 0.343. The average Bonchev–Trinajstić information content (AvgIpc) is 2.63. The third-order valence-corrected chi connectivity index (χ3v) is 3.52. The number of hydrogen-bond acceptors (Lipinski definition) is 5. The van der Waals surface area contributed by atoms with Crippen molar-refractivity contribution in [3.8, 4) is 0 Å². The summed E-state index contributed by atoms with van der Waals surface area (Å²) in [5.41, 5.74) is 4.87. The highest BCUT2D eigenvalue weighted by Gasteiger charge is 2.23. The van der Waals surface area contributed by atoms with Crippen molar-refractivity contribution in [1.82, 2.24) is 16.1 Å². The number of amides is 2. The molecule has 1 aliphatic rings. The fourth-order valence-electron chi connectivity index (χ4n) is 2.31. The predicted molar refractivity (Wildman–Crippen MR) is 93.1 cm³/mol. The number of urea groups is 1. The first kappa shape index (κ1) is 16.9. The Labute approximate surface area is 146 Å². The Balaban J connectivity index is 1.45. The van der Waals surface area contributed by atoms with Gasteiger partial charge in [-0.1, -0.05) is 65.8 Å². The summed E-state index contributed by atoms with van der Waals surface area (Å²) in [5.74, 6) is 0.445. The van der Waals surface area contributed by atoms with Gasteiger partial charge >= 0.3 is 6.03 Å². The first-order chi connectivity index (χ1) is 12.3. The highest BCUT2D eigenvalue weighted by Crippen LogP contribution is 2.04. The van der Waals surface area contributed by atoms with Gasteiger partial charge in [-0.2, -0.15) is 5.48 Å². The second-order valence-corrected chi connectivity index (χ2v) is 5.54. The SMILES string of the molecule is O=C1NC(=NOCc2ccccc2)CC(NOCc2ccccc2)N1. The van der Waals surface area contributed by atoms with Crippen molar-refractivity contribution in [1.29, 1.82) is 0 Å². The van der Waals surface area contributed by atoms with Gasteiger partial charge in [-0.15, -0.1) is 0 Å². The van der Waals surface area contributed by atoms with Gasteiger partial charge in [0, 0.05) is 6.42 Å². The van der Waals surface area contributed by atoms with E-state index in [0.717, 1.165) is 11.1 Å². The van der Waals surface area contributed by atoms with Crippen molar-refractivity contribution in [2.45, 2.75) is 25.8 Å². The van der Waals surface area contributed by atoms with Gasteiger partial charge in [-0.05, 0) is 11.1 Å². The lowest BCUT2D eigenvalue weighted by molar-refractivity contribution is -0.00152. The molecule has 130 valence electrons. The predicted octanol–water partition coefficient (Wildman–Crippen LogP) is 2.27. The molecule has 1 saturated heterocycles. The van der Waals surface area contributed by atoms with Gasteiger partial charge in [0.1, 0.15) is 12.8 Å². The molecule has 2 amide bonds. The number of rotatable bonds is 7. The van der Waals surface area contributed by atoms with Crippen LogP contribution in [0.25, 0.3) is 0 Å². The van der Waals surface area contributed by atoms with Crippen LogP contribution in [0.4, 0.5) is 4.79 Å². The van der Waals surface area contributed by atoms with E-state index in [-0.39, 0.29) is 12.2 Å². The molecule has 3 rings (SSSR count). The Bertz CT molecular complexity index is 707. The maximum Gasteiger partial charge on any atom is 0.321 e. The minimum Gasteiger partial charge on any atom is -0.389 e. The summed E-state index contributed by atoms with van der Waals surface area (Å²) in [6.45, 7) is 0.744. The lowest BCUT2D eigenvalue weighted by Gasteiger charge is -2.25. The van der Waals surface area contributed by atoms with Gasteiger partial charge in [0.25, 0.3) is 0 Å². The summed E-state index contributed by atoms with van der Waals surface area (Å²) in [4.78, 5) is 22.4. The molecule has 1 aliphatic heterocycles. The Hall–Kier alpha value is -2.90. The van der Waals surface area contributed by atoms with Crippen LogP contribution >= 0.6 is 0 Å². The molecule has 1 unspecified atom stereocenters. The number of hydroxylamine groups is 1. The molecular formula is C18H20N4O3. The molecule has 0 bridgehead atoms. The molecule has 3 N–H and O–H groups in total. The van der Waals surface area contributed by atoms with Gasteiger partial charge in [0.15, 0.2) is 5.84 Å². The lowest BCUT2D eigenvalue weighted by Crippen LogP contribution is -2.57. The van der Waals surface area contributed by atoms with E-state index in [1.165, 1.54) is 0 Å². The minimum atomic E-state index is -0.378. The van der Waals surface area contributed by atoms with Gasteiger partial charge in [-0.3, -0.25) is 10.2 Å². The molecule has 7 heteroatoms. The van der Waals surface area contributed by atoms with E-state index in [9.17, 15) is 4.79 Å². The van der Waals surface area contributed by atoms with Crippen molar-refractivity contribution >= 4 is 11.9 Å². The maximum atomic E-state index is 11.7. The third-order valence-electron chi connectivity index (χ3n) is 3.52. The quantitative estimate of drug-likeness (QED) is 0.675. The normalized spacial score (nSPS) is 18.5. The number of nitrogens with zero attached hydrogens (tertiary/aromatic N) is 1. The highest BCUT2D eigenvalue weighted by molar-refractivity contribution is 5.99. The van der Waals surface area contributed by atoms with Crippen LogP contribution in [0.1, 0.15) is 17.5 Å². The number of carbonyl (C=O) groups is 1. The van der Waals surface area contributed by atoms with Crippen LogP contribution in [0.2, 0.25) is 0 Å². The topological polar surface area (TPSA) is 84.0 Å². The zero-order chi connectivity index (χ0) is 17.3. The van der Waals surface area contributed by atoms with Crippen molar-refractivity contribution in [2.24, 2.45) is 5.16 Å². The molecule has 0 radical (unpaired) electrons. The zero-order valence-electron chi connectivity index (χ0n) is 13.6. The van der Waals surface area contributed by atoms with Gasteiger partial charge in [0.2, 0.25) is 0 Å². The summed E-state index contributed by atoms with van der Waals surface area (Å²) in [6.07, 6.45) is 0.0477.